The molecule has 0 aliphatic rings. The second kappa shape index (κ2) is 10.8. The molecule has 0 aliphatic carbocycles. The van der Waals surface area contributed by atoms with Gasteiger partial charge in [-0.1, -0.05) is 127 Å². The molecule has 0 radical (unpaired) electrons. The molecule has 0 saturated carbocycles. The Hall–Kier alpha value is -6.12. The van der Waals surface area contributed by atoms with E-state index >= 15 is 0 Å². The molecule has 0 fully saturated rings. The quantitative estimate of drug-likeness (QED) is 0.190. The number of para-hydroxylation sites is 3. The molecule has 2 nitrogen and oxygen atoms in total. The molecule has 216 valence electrons. The van der Waals surface area contributed by atoms with Crippen molar-refractivity contribution in [1.29, 1.82) is 0 Å². The zero-order chi connectivity index (χ0) is 30.5. The number of aromatic nitrogens is 2. The third kappa shape index (κ3) is 4.27. The second-order valence-electron chi connectivity index (χ2n) is 11.8. The van der Waals surface area contributed by atoms with Gasteiger partial charge in [-0.15, -0.1) is 0 Å². The molecular formula is C44H30N2. The zero-order valence-electron chi connectivity index (χ0n) is 25.2. The third-order valence-corrected chi connectivity index (χ3v) is 9.10. The van der Waals surface area contributed by atoms with E-state index in [0.29, 0.717) is 0 Å². The predicted octanol–water partition coefficient (Wildman–Crippen LogP) is 11.7. The van der Waals surface area contributed by atoms with Crippen molar-refractivity contribution in [3.05, 3.63) is 182 Å². The van der Waals surface area contributed by atoms with Crippen LogP contribution in [0.4, 0.5) is 0 Å². The first-order chi connectivity index (χ1) is 22.8. The first-order valence-electron chi connectivity index (χ1n) is 15.8. The fourth-order valence-corrected chi connectivity index (χ4v) is 6.99. The van der Waals surface area contributed by atoms with Crippen molar-refractivity contribution < 1.29 is 0 Å². The first-order valence-corrected chi connectivity index (χ1v) is 15.8. The second-order valence-corrected chi connectivity index (χ2v) is 11.8. The molecule has 0 N–H and O–H groups in total. The highest BCUT2D eigenvalue weighted by atomic mass is 15.1. The normalized spacial score (nSPS) is 11.5. The summed E-state index contributed by atoms with van der Waals surface area (Å²) in [6.07, 6.45) is 0. The Morgan fingerprint density at radius 2 is 0.652 bits per heavy atom. The summed E-state index contributed by atoms with van der Waals surface area (Å²) < 4.78 is 4.84. The molecule has 0 amide bonds. The van der Waals surface area contributed by atoms with Crippen LogP contribution >= 0.6 is 0 Å². The van der Waals surface area contributed by atoms with Crippen LogP contribution in [0.25, 0.3) is 77.6 Å². The summed E-state index contributed by atoms with van der Waals surface area (Å²) in [6.45, 7) is 0. The number of rotatable bonds is 5. The van der Waals surface area contributed by atoms with Gasteiger partial charge in [0.25, 0.3) is 0 Å². The maximum atomic E-state index is 2.43. The van der Waals surface area contributed by atoms with Gasteiger partial charge in [0.1, 0.15) is 5.65 Å². The zero-order valence-corrected chi connectivity index (χ0v) is 25.2. The van der Waals surface area contributed by atoms with Crippen molar-refractivity contribution >= 4 is 32.8 Å². The van der Waals surface area contributed by atoms with Crippen LogP contribution in [0.15, 0.2) is 182 Å². The molecule has 0 unspecified atom stereocenters. The van der Waals surface area contributed by atoms with Crippen LogP contribution in [0, 0.1) is 0 Å². The highest BCUT2D eigenvalue weighted by Crippen LogP contribution is 2.41. The molecule has 0 spiro atoms. The van der Waals surface area contributed by atoms with E-state index in [1.54, 1.807) is 0 Å². The fraction of sp³-hybridized carbons (Fsp3) is 0. The average Bonchev–Trinajstić information content (AvgIpc) is 3.65. The number of benzene rings is 7. The van der Waals surface area contributed by atoms with Crippen LogP contribution in [0.3, 0.4) is 0 Å². The van der Waals surface area contributed by atoms with Gasteiger partial charge in [-0.3, -0.25) is 9.13 Å². The maximum absolute atomic E-state index is 2.43. The minimum atomic E-state index is 1.14. The van der Waals surface area contributed by atoms with E-state index in [-0.39, 0.29) is 0 Å². The lowest BCUT2D eigenvalue weighted by molar-refractivity contribution is 1.07. The van der Waals surface area contributed by atoms with E-state index in [4.69, 9.17) is 0 Å². The number of hydrogen-bond acceptors (Lipinski definition) is 0. The Kier molecular flexibility index (Phi) is 6.17. The summed E-state index contributed by atoms with van der Waals surface area (Å²) in [6, 6.07) is 65.6. The van der Waals surface area contributed by atoms with Crippen LogP contribution < -0.4 is 0 Å². The van der Waals surface area contributed by atoms with Gasteiger partial charge in [0, 0.05) is 27.5 Å². The molecule has 7 aromatic carbocycles. The van der Waals surface area contributed by atoms with Gasteiger partial charge in [-0.25, -0.2) is 0 Å². The van der Waals surface area contributed by atoms with Gasteiger partial charge in [0.05, 0.1) is 11.0 Å². The Morgan fingerprint density at radius 1 is 0.283 bits per heavy atom. The molecule has 9 aromatic rings. The largest absolute Gasteiger partial charge is 0.295 e. The van der Waals surface area contributed by atoms with E-state index in [1.807, 2.05) is 0 Å². The van der Waals surface area contributed by atoms with Crippen molar-refractivity contribution in [2.45, 2.75) is 0 Å². The Morgan fingerprint density at radius 3 is 1.13 bits per heavy atom. The molecule has 0 bridgehead atoms. The highest BCUT2D eigenvalue weighted by Gasteiger charge is 2.21. The van der Waals surface area contributed by atoms with Crippen LogP contribution in [-0.2, 0) is 0 Å². The van der Waals surface area contributed by atoms with E-state index in [1.165, 1.54) is 66.2 Å². The molecule has 2 aromatic heterocycles. The summed E-state index contributed by atoms with van der Waals surface area (Å²) in [5, 5.41) is 3.80. The lowest BCUT2D eigenvalue weighted by atomic mass is 9.93. The van der Waals surface area contributed by atoms with Crippen LogP contribution in [-0.4, -0.2) is 9.13 Å². The monoisotopic (exact) mass is 586 g/mol. The summed E-state index contributed by atoms with van der Waals surface area (Å²) >= 11 is 0. The van der Waals surface area contributed by atoms with Crippen molar-refractivity contribution in [2.24, 2.45) is 0 Å². The van der Waals surface area contributed by atoms with E-state index in [2.05, 4.69) is 191 Å². The molecule has 2 heteroatoms. The molecule has 9 rings (SSSR count). The number of hydrogen-bond donors (Lipinski definition) is 0. The van der Waals surface area contributed by atoms with E-state index < -0.39 is 0 Å². The van der Waals surface area contributed by atoms with Gasteiger partial charge in [-0.2, -0.15) is 0 Å². The maximum Gasteiger partial charge on any atom is 0.131 e. The molecule has 46 heavy (non-hydrogen) atoms. The molecule has 0 atom stereocenters. The lowest BCUT2D eigenvalue weighted by Gasteiger charge is -2.14. The van der Waals surface area contributed by atoms with Gasteiger partial charge >= 0.3 is 0 Å². The minimum absolute atomic E-state index is 1.14. The number of fused-ring (bicyclic) bond motifs is 5. The van der Waals surface area contributed by atoms with Crippen molar-refractivity contribution in [3.63, 3.8) is 0 Å². The van der Waals surface area contributed by atoms with Crippen molar-refractivity contribution in [2.75, 3.05) is 0 Å². The van der Waals surface area contributed by atoms with Crippen molar-refractivity contribution in [3.8, 4) is 44.8 Å². The third-order valence-electron chi connectivity index (χ3n) is 9.10. The SMILES string of the molecule is c1ccc(-c2cc(-c3ccccc3)cc(-c3ccc(-n4c5ccccc5c5c6ccccc6n(-c6ccccc6)c54)cc3)c2)cc1. The van der Waals surface area contributed by atoms with Gasteiger partial charge in [0.15, 0.2) is 0 Å². The topological polar surface area (TPSA) is 9.86 Å². The number of nitrogens with zero attached hydrogens (tertiary/aromatic N) is 2. The van der Waals surface area contributed by atoms with E-state index in [0.717, 1.165) is 11.4 Å². The first kappa shape index (κ1) is 26.3. The smallest absolute Gasteiger partial charge is 0.131 e. The molecule has 0 aliphatic heterocycles. The Labute approximate surface area is 268 Å². The predicted molar refractivity (Wildman–Crippen MR) is 194 cm³/mol. The molecular weight excluding hydrogens is 556 g/mol. The minimum Gasteiger partial charge on any atom is -0.295 e. The van der Waals surface area contributed by atoms with E-state index in [9.17, 15) is 0 Å². The standard InChI is InChI=1S/C44H30N2/c1-4-14-31(15-5-1)34-28-35(32-16-6-2-7-17-32)30-36(29-34)33-24-26-38(27-25-33)46-42-23-13-11-21-40(42)43-39-20-10-12-22-41(39)45(44(43)46)37-18-8-3-9-19-37/h1-30H. The van der Waals surface area contributed by atoms with Crippen molar-refractivity contribution in [1.82, 2.24) is 9.13 Å². The van der Waals surface area contributed by atoms with Gasteiger partial charge < -0.3 is 0 Å². The fourth-order valence-electron chi connectivity index (χ4n) is 6.99. The lowest BCUT2D eigenvalue weighted by Crippen LogP contribution is -2.01. The summed E-state index contributed by atoms with van der Waals surface area (Å²) in [5.41, 5.74) is 13.1. The summed E-state index contributed by atoms with van der Waals surface area (Å²) in [4.78, 5) is 0. The van der Waals surface area contributed by atoms with Gasteiger partial charge in [-0.05, 0) is 88.0 Å². The average molecular weight is 587 g/mol. The Balaban J connectivity index is 1.25. The van der Waals surface area contributed by atoms with Crippen LogP contribution in [0.2, 0.25) is 0 Å². The molecule has 0 saturated heterocycles. The molecule has 2 heterocycles. The highest BCUT2D eigenvalue weighted by molar-refractivity contribution is 6.22. The van der Waals surface area contributed by atoms with Crippen LogP contribution in [0.5, 0.6) is 0 Å². The van der Waals surface area contributed by atoms with Crippen LogP contribution in [0.1, 0.15) is 0 Å². The Bertz CT molecular complexity index is 2430. The summed E-state index contributed by atoms with van der Waals surface area (Å²) in [5.74, 6) is 0. The summed E-state index contributed by atoms with van der Waals surface area (Å²) in [7, 11) is 0. The van der Waals surface area contributed by atoms with Gasteiger partial charge in [0.2, 0.25) is 0 Å².